The SMILES string of the molecule is COC(=O)C(C)N1CCC(NCC2CC2)CC1. The summed E-state index contributed by atoms with van der Waals surface area (Å²) < 4.78 is 4.78. The van der Waals surface area contributed by atoms with Crippen molar-refractivity contribution in [2.75, 3.05) is 26.7 Å². The van der Waals surface area contributed by atoms with Crippen LogP contribution in [0.5, 0.6) is 0 Å². The van der Waals surface area contributed by atoms with Crippen LogP contribution < -0.4 is 5.32 Å². The zero-order chi connectivity index (χ0) is 12.3. The smallest absolute Gasteiger partial charge is 0.322 e. The van der Waals surface area contributed by atoms with Gasteiger partial charge in [-0.15, -0.1) is 0 Å². The second-order valence-electron chi connectivity index (χ2n) is 5.36. The van der Waals surface area contributed by atoms with Crippen molar-refractivity contribution in [1.29, 1.82) is 0 Å². The summed E-state index contributed by atoms with van der Waals surface area (Å²) in [5, 5.41) is 3.64. The van der Waals surface area contributed by atoms with Crippen molar-refractivity contribution in [1.82, 2.24) is 10.2 Å². The standard InChI is InChI=1S/C13H24N2O2/c1-10(13(16)17-2)15-7-5-12(6-8-15)14-9-11-3-4-11/h10-12,14H,3-9H2,1-2H3. The van der Waals surface area contributed by atoms with Crippen molar-refractivity contribution in [2.24, 2.45) is 5.92 Å². The summed E-state index contributed by atoms with van der Waals surface area (Å²) in [7, 11) is 1.46. The van der Waals surface area contributed by atoms with Crippen LogP contribution in [0, 0.1) is 5.92 Å². The summed E-state index contributed by atoms with van der Waals surface area (Å²) in [6.45, 7) is 5.12. The fourth-order valence-electron chi connectivity index (χ4n) is 2.47. The maximum atomic E-state index is 11.4. The van der Waals surface area contributed by atoms with Crippen LogP contribution in [-0.4, -0.2) is 49.7 Å². The summed E-state index contributed by atoms with van der Waals surface area (Å²) >= 11 is 0. The monoisotopic (exact) mass is 240 g/mol. The number of carbonyl (C=O) groups excluding carboxylic acids is 1. The average molecular weight is 240 g/mol. The first-order valence-corrected chi connectivity index (χ1v) is 6.76. The van der Waals surface area contributed by atoms with Gasteiger partial charge in [-0.05, 0) is 45.1 Å². The van der Waals surface area contributed by atoms with E-state index in [0.717, 1.165) is 31.8 Å². The van der Waals surface area contributed by atoms with Crippen LogP contribution >= 0.6 is 0 Å². The van der Waals surface area contributed by atoms with E-state index in [4.69, 9.17) is 4.74 Å². The van der Waals surface area contributed by atoms with E-state index in [1.165, 1.54) is 26.5 Å². The highest BCUT2D eigenvalue weighted by Gasteiger charge is 2.28. The first-order valence-electron chi connectivity index (χ1n) is 6.76. The Kier molecular flexibility index (Phi) is 4.40. The molecule has 1 unspecified atom stereocenters. The number of likely N-dealkylation sites (tertiary alicyclic amines) is 1. The lowest BCUT2D eigenvalue weighted by Crippen LogP contribution is -2.48. The van der Waals surface area contributed by atoms with Gasteiger partial charge >= 0.3 is 5.97 Å². The Bertz CT molecular complexity index is 258. The summed E-state index contributed by atoms with van der Waals surface area (Å²) in [6.07, 6.45) is 5.11. The van der Waals surface area contributed by atoms with E-state index < -0.39 is 0 Å². The molecule has 0 aromatic carbocycles. The van der Waals surface area contributed by atoms with Gasteiger partial charge < -0.3 is 10.1 Å². The van der Waals surface area contributed by atoms with Gasteiger partial charge in [0.15, 0.2) is 0 Å². The summed E-state index contributed by atoms with van der Waals surface area (Å²) in [5.74, 6) is 0.830. The molecule has 4 heteroatoms. The molecule has 2 fully saturated rings. The molecule has 2 rings (SSSR count). The van der Waals surface area contributed by atoms with Crippen molar-refractivity contribution >= 4 is 5.97 Å². The Balaban J connectivity index is 1.67. The minimum atomic E-state index is -0.116. The highest BCUT2D eigenvalue weighted by Crippen LogP contribution is 2.28. The maximum Gasteiger partial charge on any atom is 0.322 e. The third-order valence-corrected chi connectivity index (χ3v) is 4.01. The molecular weight excluding hydrogens is 216 g/mol. The van der Waals surface area contributed by atoms with E-state index in [1.807, 2.05) is 6.92 Å². The molecule has 1 heterocycles. The molecule has 0 aromatic rings. The molecule has 98 valence electrons. The topological polar surface area (TPSA) is 41.6 Å². The number of nitrogens with one attached hydrogen (secondary N) is 1. The molecule has 1 aliphatic heterocycles. The third-order valence-electron chi connectivity index (χ3n) is 4.01. The van der Waals surface area contributed by atoms with Gasteiger partial charge in [-0.3, -0.25) is 9.69 Å². The Morgan fingerprint density at radius 1 is 1.35 bits per heavy atom. The second-order valence-corrected chi connectivity index (χ2v) is 5.36. The molecule has 4 nitrogen and oxygen atoms in total. The van der Waals surface area contributed by atoms with Crippen LogP contribution in [0.4, 0.5) is 0 Å². The Labute approximate surface area is 104 Å². The van der Waals surface area contributed by atoms with Crippen LogP contribution in [0.2, 0.25) is 0 Å². The van der Waals surface area contributed by atoms with Crippen LogP contribution in [0.25, 0.3) is 0 Å². The van der Waals surface area contributed by atoms with E-state index in [1.54, 1.807) is 0 Å². The number of piperidine rings is 1. The molecule has 0 radical (unpaired) electrons. The summed E-state index contributed by atoms with van der Waals surface area (Å²) in [6, 6.07) is 0.557. The molecule has 1 aliphatic carbocycles. The Morgan fingerprint density at radius 3 is 2.53 bits per heavy atom. The third kappa shape index (κ3) is 3.68. The number of nitrogens with zero attached hydrogens (tertiary/aromatic N) is 1. The van der Waals surface area contributed by atoms with Crippen molar-refractivity contribution in [3.63, 3.8) is 0 Å². The number of ether oxygens (including phenoxy) is 1. The molecule has 1 atom stereocenters. The first-order chi connectivity index (χ1) is 8.20. The normalized spacial score (nSPS) is 24.6. The van der Waals surface area contributed by atoms with E-state index in [-0.39, 0.29) is 12.0 Å². The Hall–Kier alpha value is -0.610. The molecule has 0 spiro atoms. The van der Waals surface area contributed by atoms with Crippen molar-refractivity contribution in [3.8, 4) is 0 Å². The maximum absolute atomic E-state index is 11.4. The fourth-order valence-corrected chi connectivity index (χ4v) is 2.47. The number of hydrogen-bond acceptors (Lipinski definition) is 4. The van der Waals surface area contributed by atoms with Crippen molar-refractivity contribution < 1.29 is 9.53 Å². The van der Waals surface area contributed by atoms with Gasteiger partial charge in [0, 0.05) is 19.1 Å². The minimum absolute atomic E-state index is 0.0932. The predicted octanol–water partition coefficient (Wildman–Crippen LogP) is 1.01. The quantitative estimate of drug-likeness (QED) is 0.728. The van der Waals surface area contributed by atoms with E-state index >= 15 is 0 Å². The number of carbonyl (C=O) groups is 1. The zero-order valence-corrected chi connectivity index (χ0v) is 10.9. The molecule has 0 aromatic heterocycles. The van der Waals surface area contributed by atoms with Gasteiger partial charge in [-0.25, -0.2) is 0 Å². The highest BCUT2D eigenvalue weighted by atomic mass is 16.5. The molecule has 1 saturated heterocycles. The lowest BCUT2D eigenvalue weighted by molar-refractivity contribution is -0.146. The largest absolute Gasteiger partial charge is 0.468 e. The van der Waals surface area contributed by atoms with Gasteiger partial charge in [-0.1, -0.05) is 0 Å². The molecule has 1 N–H and O–H groups in total. The molecule has 1 saturated carbocycles. The number of hydrogen-bond donors (Lipinski definition) is 1. The van der Waals surface area contributed by atoms with Gasteiger partial charge in [0.25, 0.3) is 0 Å². The van der Waals surface area contributed by atoms with Crippen LogP contribution in [0.3, 0.4) is 0 Å². The predicted molar refractivity (Wildman–Crippen MR) is 66.8 cm³/mol. The first kappa shape index (κ1) is 12.8. The highest BCUT2D eigenvalue weighted by molar-refractivity contribution is 5.75. The van der Waals surface area contributed by atoms with E-state index in [2.05, 4.69) is 10.2 Å². The van der Waals surface area contributed by atoms with E-state index in [9.17, 15) is 4.79 Å². The second kappa shape index (κ2) is 5.83. The fraction of sp³-hybridized carbons (Fsp3) is 0.923. The lowest BCUT2D eigenvalue weighted by atomic mass is 10.0. The molecule has 0 bridgehead atoms. The number of esters is 1. The van der Waals surface area contributed by atoms with Crippen LogP contribution in [0.15, 0.2) is 0 Å². The summed E-state index contributed by atoms with van der Waals surface area (Å²) in [5.41, 5.74) is 0. The van der Waals surface area contributed by atoms with Gasteiger partial charge in [-0.2, -0.15) is 0 Å². The number of rotatable bonds is 5. The average Bonchev–Trinajstić information content (AvgIpc) is 3.19. The van der Waals surface area contributed by atoms with E-state index in [0.29, 0.717) is 6.04 Å². The zero-order valence-electron chi connectivity index (χ0n) is 10.9. The van der Waals surface area contributed by atoms with Gasteiger partial charge in [0.2, 0.25) is 0 Å². The van der Waals surface area contributed by atoms with Crippen LogP contribution in [0.1, 0.15) is 32.6 Å². The molecular formula is C13H24N2O2. The van der Waals surface area contributed by atoms with Gasteiger partial charge in [0.05, 0.1) is 7.11 Å². The lowest BCUT2D eigenvalue weighted by Gasteiger charge is -2.35. The van der Waals surface area contributed by atoms with Crippen molar-refractivity contribution in [2.45, 2.75) is 44.7 Å². The molecule has 0 amide bonds. The van der Waals surface area contributed by atoms with Crippen LogP contribution in [-0.2, 0) is 9.53 Å². The minimum Gasteiger partial charge on any atom is -0.468 e. The number of methoxy groups -OCH3 is 1. The van der Waals surface area contributed by atoms with Crippen molar-refractivity contribution in [3.05, 3.63) is 0 Å². The Morgan fingerprint density at radius 2 is 2.00 bits per heavy atom. The summed E-state index contributed by atoms with van der Waals surface area (Å²) in [4.78, 5) is 13.7. The molecule has 2 aliphatic rings. The van der Waals surface area contributed by atoms with Gasteiger partial charge in [0.1, 0.15) is 6.04 Å². The molecule has 17 heavy (non-hydrogen) atoms.